The third-order valence-corrected chi connectivity index (χ3v) is 4.83. The van der Waals surface area contributed by atoms with Crippen molar-refractivity contribution in [2.75, 3.05) is 13.2 Å². The zero-order chi connectivity index (χ0) is 16.9. The number of ether oxygens (including phenoxy) is 2. The second-order valence-corrected chi connectivity index (χ2v) is 6.46. The smallest absolute Gasteiger partial charge is 0.119 e. The van der Waals surface area contributed by atoms with Crippen LogP contribution in [0.5, 0.6) is 11.5 Å². The van der Waals surface area contributed by atoms with Gasteiger partial charge in [-0.15, -0.1) is 0 Å². The molecule has 0 amide bonds. The molecule has 0 bridgehead atoms. The van der Waals surface area contributed by atoms with Crippen LogP contribution in [0, 0.1) is 0 Å². The molecule has 1 N–H and O–H groups in total. The summed E-state index contributed by atoms with van der Waals surface area (Å²) in [4.78, 5) is 0. The third kappa shape index (κ3) is 4.09. The number of hydrogen-bond donors (Lipinski definition) is 1. The molecule has 1 heterocycles. The molecule has 2 aromatic rings. The zero-order valence-electron chi connectivity index (χ0n) is 14.4. The summed E-state index contributed by atoms with van der Waals surface area (Å²) in [5.41, 5.74) is 2.63. The molecule has 3 atom stereocenters. The highest BCUT2D eigenvalue weighted by Gasteiger charge is 2.24. The maximum Gasteiger partial charge on any atom is 0.119 e. The Bertz CT molecular complexity index is 629. The topological polar surface area (TPSA) is 42.0 Å². The maximum atomic E-state index is 9.53. The molecule has 0 spiro atoms. The molecule has 3 rings (SSSR count). The van der Waals surface area contributed by atoms with Gasteiger partial charge in [0, 0.05) is 0 Å². The van der Waals surface area contributed by atoms with Crippen molar-refractivity contribution >= 4 is 0 Å². The molecule has 0 saturated carbocycles. The van der Waals surface area contributed by atoms with E-state index >= 15 is 0 Å². The van der Waals surface area contributed by atoms with Crippen LogP contribution in [0.3, 0.4) is 0 Å². The number of aromatic hydroxyl groups is 1. The average molecular weight is 326 g/mol. The lowest BCUT2D eigenvalue weighted by atomic mass is 9.78. The van der Waals surface area contributed by atoms with Gasteiger partial charge < -0.3 is 14.6 Å². The minimum absolute atomic E-state index is 0.284. The summed E-state index contributed by atoms with van der Waals surface area (Å²) in [5, 5.41) is 9.53. The molecule has 0 aliphatic carbocycles. The first kappa shape index (κ1) is 16.8. The van der Waals surface area contributed by atoms with Crippen LogP contribution in [-0.4, -0.2) is 24.4 Å². The number of hydrogen-bond acceptors (Lipinski definition) is 3. The van der Waals surface area contributed by atoms with Crippen LogP contribution < -0.4 is 4.74 Å². The largest absolute Gasteiger partial charge is 0.508 e. The van der Waals surface area contributed by atoms with Crippen LogP contribution in [0.15, 0.2) is 48.5 Å². The lowest BCUT2D eigenvalue weighted by Gasteiger charge is -2.26. The Morgan fingerprint density at radius 2 is 1.46 bits per heavy atom. The lowest BCUT2D eigenvalue weighted by molar-refractivity contribution is 0.263. The highest BCUT2D eigenvalue weighted by molar-refractivity contribution is 5.34. The second-order valence-electron chi connectivity index (χ2n) is 6.46. The maximum absolute atomic E-state index is 9.53. The van der Waals surface area contributed by atoms with Gasteiger partial charge in [-0.05, 0) is 60.1 Å². The Balaban J connectivity index is 1.74. The highest BCUT2D eigenvalue weighted by Crippen LogP contribution is 2.38. The molecule has 1 unspecified atom stereocenters. The zero-order valence-corrected chi connectivity index (χ0v) is 14.4. The van der Waals surface area contributed by atoms with E-state index in [1.165, 1.54) is 11.1 Å². The molecular weight excluding hydrogens is 300 g/mol. The Kier molecular flexibility index (Phi) is 5.41. The number of rotatable bonds is 8. The fourth-order valence-electron chi connectivity index (χ4n) is 3.39. The minimum Gasteiger partial charge on any atom is -0.508 e. The quantitative estimate of drug-likeness (QED) is 0.705. The average Bonchev–Trinajstić information content (AvgIpc) is 3.44. The second kappa shape index (κ2) is 7.71. The van der Waals surface area contributed by atoms with Gasteiger partial charge in [0.1, 0.15) is 24.2 Å². The van der Waals surface area contributed by atoms with Crippen LogP contribution in [-0.2, 0) is 4.74 Å². The van der Waals surface area contributed by atoms with Gasteiger partial charge in [-0.2, -0.15) is 0 Å². The van der Waals surface area contributed by atoms with E-state index in [2.05, 4.69) is 38.1 Å². The van der Waals surface area contributed by atoms with Gasteiger partial charge >= 0.3 is 0 Å². The van der Waals surface area contributed by atoms with E-state index in [9.17, 15) is 5.11 Å². The molecule has 128 valence electrons. The predicted octanol–water partition coefficient (Wildman–Crippen LogP) is 4.86. The number of epoxide rings is 1. The summed E-state index contributed by atoms with van der Waals surface area (Å²) >= 11 is 0. The molecule has 0 radical (unpaired) electrons. The van der Waals surface area contributed by atoms with Crippen LogP contribution in [0.4, 0.5) is 0 Å². The lowest BCUT2D eigenvalue weighted by Crippen LogP contribution is -2.10. The Labute approximate surface area is 144 Å². The monoisotopic (exact) mass is 326 g/mol. The molecule has 0 aromatic heterocycles. The first-order valence-corrected chi connectivity index (χ1v) is 8.84. The van der Waals surface area contributed by atoms with E-state index in [1.54, 1.807) is 12.1 Å². The van der Waals surface area contributed by atoms with Gasteiger partial charge in [0.2, 0.25) is 0 Å². The SMILES string of the molecule is CC[C@H](c1ccc(O)cc1)[C@@H](CC)c1ccc(OCC2CO2)cc1. The van der Waals surface area contributed by atoms with E-state index in [0.717, 1.165) is 25.2 Å². The Hall–Kier alpha value is -2.00. The van der Waals surface area contributed by atoms with Gasteiger partial charge in [0.15, 0.2) is 0 Å². The van der Waals surface area contributed by atoms with Gasteiger partial charge in [-0.25, -0.2) is 0 Å². The molecular formula is C21H26O3. The summed E-state index contributed by atoms with van der Waals surface area (Å²) < 4.78 is 10.9. The van der Waals surface area contributed by atoms with Crippen molar-refractivity contribution in [2.24, 2.45) is 0 Å². The van der Waals surface area contributed by atoms with Crippen LogP contribution in [0.25, 0.3) is 0 Å². The summed E-state index contributed by atoms with van der Waals surface area (Å²) in [7, 11) is 0. The van der Waals surface area contributed by atoms with E-state index in [-0.39, 0.29) is 6.10 Å². The van der Waals surface area contributed by atoms with Gasteiger partial charge in [0.25, 0.3) is 0 Å². The minimum atomic E-state index is 0.284. The van der Waals surface area contributed by atoms with E-state index in [4.69, 9.17) is 9.47 Å². The fraction of sp³-hybridized carbons (Fsp3) is 0.429. The van der Waals surface area contributed by atoms with Gasteiger partial charge in [-0.3, -0.25) is 0 Å². The molecule has 1 aliphatic heterocycles. The molecule has 2 aromatic carbocycles. The van der Waals surface area contributed by atoms with E-state index in [0.29, 0.717) is 24.2 Å². The van der Waals surface area contributed by atoms with Crippen molar-refractivity contribution in [2.45, 2.75) is 44.6 Å². The van der Waals surface area contributed by atoms with Crippen molar-refractivity contribution < 1.29 is 14.6 Å². The van der Waals surface area contributed by atoms with E-state index in [1.807, 2.05) is 12.1 Å². The fourth-order valence-corrected chi connectivity index (χ4v) is 3.39. The van der Waals surface area contributed by atoms with Crippen LogP contribution >= 0.6 is 0 Å². The summed E-state index contributed by atoms with van der Waals surface area (Å²) in [6.07, 6.45) is 2.43. The van der Waals surface area contributed by atoms with E-state index < -0.39 is 0 Å². The predicted molar refractivity (Wildman–Crippen MR) is 95.8 cm³/mol. The molecule has 3 heteroatoms. The summed E-state index contributed by atoms with van der Waals surface area (Å²) in [6, 6.07) is 16.1. The number of phenols is 1. The molecule has 3 nitrogen and oxygen atoms in total. The summed E-state index contributed by atoms with van der Waals surface area (Å²) in [6.45, 7) is 5.93. The molecule has 1 aliphatic rings. The normalized spacial score (nSPS) is 18.8. The number of benzene rings is 2. The van der Waals surface area contributed by atoms with Crippen molar-refractivity contribution in [1.82, 2.24) is 0 Å². The van der Waals surface area contributed by atoms with Crippen LogP contribution in [0.1, 0.15) is 49.7 Å². The van der Waals surface area contributed by atoms with Gasteiger partial charge in [-0.1, -0.05) is 38.1 Å². The first-order chi connectivity index (χ1) is 11.7. The first-order valence-electron chi connectivity index (χ1n) is 8.84. The Morgan fingerprint density at radius 3 is 1.92 bits per heavy atom. The van der Waals surface area contributed by atoms with Crippen LogP contribution in [0.2, 0.25) is 0 Å². The van der Waals surface area contributed by atoms with Crippen molar-refractivity contribution in [3.05, 3.63) is 59.7 Å². The Morgan fingerprint density at radius 1 is 0.958 bits per heavy atom. The number of phenolic OH excluding ortho intramolecular Hbond substituents is 1. The molecule has 24 heavy (non-hydrogen) atoms. The molecule has 1 fully saturated rings. The van der Waals surface area contributed by atoms with Gasteiger partial charge in [0.05, 0.1) is 6.61 Å². The van der Waals surface area contributed by atoms with Crippen molar-refractivity contribution in [3.63, 3.8) is 0 Å². The highest BCUT2D eigenvalue weighted by atomic mass is 16.6. The summed E-state index contributed by atoms with van der Waals surface area (Å²) in [5.74, 6) is 2.13. The molecule has 1 saturated heterocycles. The van der Waals surface area contributed by atoms with Crippen molar-refractivity contribution in [3.8, 4) is 11.5 Å². The standard InChI is InChI=1S/C21H26O3/c1-3-20(15-5-9-17(22)10-6-15)21(4-2)16-7-11-18(12-8-16)23-13-19-14-24-19/h5-12,19-22H,3-4,13-14H2,1-2H3/t19?,20-,21+/m1/s1. The third-order valence-electron chi connectivity index (χ3n) is 4.83. The van der Waals surface area contributed by atoms with Crippen molar-refractivity contribution in [1.29, 1.82) is 0 Å².